The molecule has 0 saturated heterocycles. The molecule has 0 unspecified atom stereocenters. The van der Waals surface area contributed by atoms with Crippen LogP contribution in [0.4, 0.5) is 5.82 Å². The van der Waals surface area contributed by atoms with Crippen LogP contribution in [0.5, 0.6) is 0 Å². The molecule has 1 aliphatic rings. The summed E-state index contributed by atoms with van der Waals surface area (Å²) in [6.07, 6.45) is 8.88. The maximum absolute atomic E-state index is 5.93. The van der Waals surface area contributed by atoms with Crippen LogP contribution in [-0.4, -0.2) is 27.5 Å². The van der Waals surface area contributed by atoms with Gasteiger partial charge >= 0.3 is 0 Å². The largest absolute Gasteiger partial charge is 0.368 e. The molecule has 0 aliphatic heterocycles. The first-order valence-corrected chi connectivity index (χ1v) is 8.01. The third kappa shape index (κ3) is 3.06. The molecule has 17 heavy (non-hydrogen) atoms. The molecule has 0 aromatic carbocycles. The second-order valence-corrected chi connectivity index (χ2v) is 6.70. The van der Waals surface area contributed by atoms with Gasteiger partial charge in [-0.2, -0.15) is 11.8 Å². The molecule has 0 bridgehead atoms. The van der Waals surface area contributed by atoms with Crippen LogP contribution in [0.15, 0.2) is 10.8 Å². The van der Waals surface area contributed by atoms with Crippen molar-refractivity contribution >= 4 is 45.1 Å². The number of aromatic nitrogens is 2. The van der Waals surface area contributed by atoms with Crippen LogP contribution in [0.25, 0.3) is 0 Å². The van der Waals surface area contributed by atoms with E-state index in [1.165, 1.54) is 32.0 Å². The van der Waals surface area contributed by atoms with Gasteiger partial charge in [0.15, 0.2) is 0 Å². The molecular weight excluding hydrogens is 322 g/mol. The highest BCUT2D eigenvalue weighted by molar-refractivity contribution is 9.10. The van der Waals surface area contributed by atoms with Gasteiger partial charge in [0.25, 0.3) is 0 Å². The zero-order valence-corrected chi connectivity index (χ0v) is 12.8. The first-order chi connectivity index (χ1) is 8.17. The molecule has 2 rings (SSSR count). The number of nitrogens with zero attached hydrogens (tertiary/aromatic N) is 2. The third-order valence-electron chi connectivity index (χ3n) is 3.27. The molecular formula is C11H15BrClN3S. The Balaban J connectivity index is 2.04. The Morgan fingerprint density at radius 3 is 2.82 bits per heavy atom. The van der Waals surface area contributed by atoms with Crippen LogP contribution in [-0.2, 0) is 0 Å². The van der Waals surface area contributed by atoms with E-state index in [9.17, 15) is 0 Å². The van der Waals surface area contributed by atoms with E-state index in [-0.39, 0.29) is 0 Å². The van der Waals surface area contributed by atoms with Gasteiger partial charge in [0.1, 0.15) is 17.3 Å². The summed E-state index contributed by atoms with van der Waals surface area (Å²) in [4.78, 5) is 8.12. The highest BCUT2D eigenvalue weighted by Crippen LogP contribution is 2.40. The maximum Gasteiger partial charge on any atom is 0.148 e. The van der Waals surface area contributed by atoms with Crippen molar-refractivity contribution in [1.29, 1.82) is 0 Å². The second-order valence-electron chi connectivity index (χ2n) is 4.27. The van der Waals surface area contributed by atoms with Crippen molar-refractivity contribution in [2.24, 2.45) is 0 Å². The predicted molar refractivity (Wildman–Crippen MR) is 77.9 cm³/mol. The SMILES string of the molecule is CSC1(CNc2ncnc(Cl)c2Br)CCCC1. The number of nitrogens with one attached hydrogen (secondary N) is 1. The molecule has 1 aliphatic carbocycles. The Morgan fingerprint density at radius 1 is 1.47 bits per heavy atom. The molecule has 1 heterocycles. The van der Waals surface area contributed by atoms with Crippen LogP contribution in [0, 0.1) is 0 Å². The lowest BCUT2D eigenvalue weighted by Crippen LogP contribution is -2.30. The molecule has 0 atom stereocenters. The molecule has 1 aromatic heterocycles. The topological polar surface area (TPSA) is 37.8 Å². The van der Waals surface area contributed by atoms with E-state index in [4.69, 9.17) is 11.6 Å². The van der Waals surface area contributed by atoms with Gasteiger partial charge < -0.3 is 5.32 Å². The number of hydrogen-bond acceptors (Lipinski definition) is 4. The zero-order chi connectivity index (χ0) is 12.3. The summed E-state index contributed by atoms with van der Waals surface area (Å²) in [7, 11) is 0. The van der Waals surface area contributed by atoms with Gasteiger partial charge in [-0.15, -0.1) is 0 Å². The maximum atomic E-state index is 5.93. The predicted octanol–water partition coefficient (Wildman–Crippen LogP) is 3.98. The van der Waals surface area contributed by atoms with Gasteiger partial charge in [0, 0.05) is 11.3 Å². The van der Waals surface area contributed by atoms with E-state index in [2.05, 4.69) is 37.5 Å². The Labute approximate surface area is 119 Å². The molecule has 94 valence electrons. The summed E-state index contributed by atoms with van der Waals surface area (Å²) in [6.45, 7) is 0.931. The first kappa shape index (κ1) is 13.4. The molecule has 1 fully saturated rings. The molecule has 1 saturated carbocycles. The van der Waals surface area contributed by atoms with Gasteiger partial charge in [0.2, 0.25) is 0 Å². The van der Waals surface area contributed by atoms with Crippen LogP contribution in [0.3, 0.4) is 0 Å². The van der Waals surface area contributed by atoms with Crippen LogP contribution < -0.4 is 5.32 Å². The Morgan fingerprint density at radius 2 is 2.18 bits per heavy atom. The van der Waals surface area contributed by atoms with Crippen LogP contribution in [0.2, 0.25) is 5.15 Å². The van der Waals surface area contributed by atoms with Gasteiger partial charge in [-0.25, -0.2) is 9.97 Å². The first-order valence-electron chi connectivity index (χ1n) is 5.62. The highest BCUT2D eigenvalue weighted by Gasteiger charge is 2.32. The fourth-order valence-electron chi connectivity index (χ4n) is 2.19. The van der Waals surface area contributed by atoms with E-state index >= 15 is 0 Å². The van der Waals surface area contributed by atoms with Gasteiger partial charge in [-0.05, 0) is 35.0 Å². The van der Waals surface area contributed by atoms with E-state index in [0.717, 1.165) is 16.8 Å². The van der Waals surface area contributed by atoms with E-state index in [1.54, 1.807) is 0 Å². The van der Waals surface area contributed by atoms with E-state index in [1.807, 2.05) is 11.8 Å². The minimum Gasteiger partial charge on any atom is -0.368 e. The van der Waals surface area contributed by atoms with Crippen molar-refractivity contribution in [1.82, 2.24) is 9.97 Å². The van der Waals surface area contributed by atoms with Crippen molar-refractivity contribution in [3.05, 3.63) is 16.0 Å². The summed E-state index contributed by atoms with van der Waals surface area (Å²) in [6, 6.07) is 0. The monoisotopic (exact) mass is 335 g/mol. The summed E-state index contributed by atoms with van der Waals surface area (Å²) < 4.78 is 1.10. The van der Waals surface area contributed by atoms with Crippen LogP contribution >= 0.6 is 39.3 Å². The molecule has 0 amide bonds. The minimum atomic E-state index is 0.358. The zero-order valence-electron chi connectivity index (χ0n) is 9.67. The second kappa shape index (κ2) is 5.76. The van der Waals surface area contributed by atoms with Crippen molar-refractivity contribution in [2.45, 2.75) is 30.4 Å². The quantitative estimate of drug-likeness (QED) is 0.844. The Kier molecular flexibility index (Phi) is 4.55. The van der Waals surface area contributed by atoms with Gasteiger partial charge in [-0.1, -0.05) is 24.4 Å². The lowest BCUT2D eigenvalue weighted by molar-refractivity contribution is 0.638. The number of rotatable bonds is 4. The van der Waals surface area contributed by atoms with Crippen molar-refractivity contribution in [3.63, 3.8) is 0 Å². The molecule has 1 N–H and O–H groups in total. The summed E-state index contributed by atoms with van der Waals surface area (Å²) in [5.41, 5.74) is 0. The summed E-state index contributed by atoms with van der Waals surface area (Å²) in [5, 5.41) is 3.84. The average Bonchev–Trinajstić information content (AvgIpc) is 2.81. The van der Waals surface area contributed by atoms with E-state index < -0.39 is 0 Å². The molecule has 6 heteroatoms. The number of thioether (sulfide) groups is 1. The van der Waals surface area contributed by atoms with Crippen molar-refractivity contribution in [2.75, 3.05) is 18.1 Å². The third-order valence-corrected chi connectivity index (χ3v) is 5.96. The van der Waals surface area contributed by atoms with Gasteiger partial charge in [0.05, 0.1) is 4.47 Å². The lowest BCUT2D eigenvalue weighted by Gasteiger charge is -2.27. The lowest BCUT2D eigenvalue weighted by atomic mass is 10.1. The number of hydrogen-bond donors (Lipinski definition) is 1. The van der Waals surface area contributed by atoms with E-state index in [0.29, 0.717) is 9.90 Å². The smallest absolute Gasteiger partial charge is 0.148 e. The molecule has 0 spiro atoms. The number of anilines is 1. The Bertz CT molecular complexity index is 396. The normalized spacial score (nSPS) is 18.3. The highest BCUT2D eigenvalue weighted by atomic mass is 79.9. The molecule has 1 aromatic rings. The van der Waals surface area contributed by atoms with Crippen LogP contribution in [0.1, 0.15) is 25.7 Å². The van der Waals surface area contributed by atoms with Gasteiger partial charge in [-0.3, -0.25) is 0 Å². The number of halogens is 2. The summed E-state index contributed by atoms with van der Waals surface area (Å²) in [5.74, 6) is 0.783. The standard InChI is InChI=1S/C11H15BrClN3S/c1-17-11(4-2-3-5-11)6-14-10-8(12)9(13)15-7-16-10/h7H,2-6H2,1H3,(H,14,15,16). The molecule has 3 nitrogen and oxygen atoms in total. The molecule has 0 radical (unpaired) electrons. The minimum absolute atomic E-state index is 0.358. The summed E-state index contributed by atoms with van der Waals surface area (Å²) >= 11 is 11.3. The average molecular weight is 337 g/mol. The van der Waals surface area contributed by atoms with Crippen molar-refractivity contribution in [3.8, 4) is 0 Å². The Hall–Kier alpha value is -0.0000000000000000555. The van der Waals surface area contributed by atoms with Crippen molar-refractivity contribution < 1.29 is 0 Å². The fraction of sp³-hybridized carbons (Fsp3) is 0.636. The fourth-order valence-corrected chi connectivity index (χ4v) is 3.58.